The number of benzene rings is 1. The molecule has 0 unspecified atom stereocenters. The Kier molecular flexibility index (Phi) is 4.51. The van der Waals surface area contributed by atoms with Crippen molar-refractivity contribution in [2.75, 3.05) is 13.1 Å². The molecule has 1 spiro atoms. The lowest BCUT2D eigenvalue weighted by Gasteiger charge is -2.58. The van der Waals surface area contributed by atoms with Crippen LogP contribution < -0.4 is 0 Å². The molecule has 5 rings (SSSR count). The van der Waals surface area contributed by atoms with E-state index in [9.17, 15) is 13.6 Å². The molecule has 2 heterocycles. The van der Waals surface area contributed by atoms with Crippen LogP contribution in [0.15, 0.2) is 30.5 Å². The predicted octanol–water partition coefficient (Wildman–Crippen LogP) is 5.34. The van der Waals surface area contributed by atoms with E-state index in [1.165, 1.54) is 37.5 Å². The molecule has 0 radical (unpaired) electrons. The maximum Gasteiger partial charge on any atom is 0.229 e. The first-order valence-corrected chi connectivity index (χ1v) is 11.2. The summed E-state index contributed by atoms with van der Waals surface area (Å²) < 4.78 is 28.6. The molecule has 31 heavy (non-hydrogen) atoms. The lowest BCUT2D eigenvalue weighted by atomic mass is 9.60. The first kappa shape index (κ1) is 20.5. The van der Waals surface area contributed by atoms with Gasteiger partial charge in [-0.1, -0.05) is 33.3 Å². The van der Waals surface area contributed by atoms with Crippen LogP contribution in [0, 0.1) is 27.9 Å². The molecule has 0 N–H and O–H groups in total. The molecule has 1 aromatic carbocycles. The maximum atomic E-state index is 14.3. The summed E-state index contributed by atoms with van der Waals surface area (Å²) in [6.07, 6.45) is 7.08. The van der Waals surface area contributed by atoms with Gasteiger partial charge in [-0.25, -0.2) is 8.78 Å². The summed E-state index contributed by atoms with van der Waals surface area (Å²) in [6, 6.07) is 5.53. The molecule has 6 heteroatoms. The maximum absolute atomic E-state index is 14.3. The summed E-state index contributed by atoms with van der Waals surface area (Å²) in [7, 11) is 0. The fraction of sp³-hybridized carbons (Fsp3) is 0.560. The Hall–Kier alpha value is -2.37. The van der Waals surface area contributed by atoms with Gasteiger partial charge in [0.25, 0.3) is 0 Å². The van der Waals surface area contributed by atoms with Gasteiger partial charge < -0.3 is 4.90 Å². The highest BCUT2D eigenvalue weighted by molar-refractivity contribution is 5.85. The van der Waals surface area contributed by atoms with Crippen molar-refractivity contribution in [3.05, 3.63) is 47.7 Å². The Bertz CT molecular complexity index is 1020. The number of hydrogen-bond acceptors (Lipinski definition) is 3. The van der Waals surface area contributed by atoms with Gasteiger partial charge >= 0.3 is 0 Å². The van der Waals surface area contributed by atoms with E-state index in [1.54, 1.807) is 12.3 Å². The van der Waals surface area contributed by atoms with Crippen LogP contribution in [0.25, 0.3) is 11.3 Å². The molecule has 3 aliphatic rings. The van der Waals surface area contributed by atoms with E-state index < -0.39 is 17.0 Å². The number of carbonyl (C=O) groups is 1. The van der Waals surface area contributed by atoms with Gasteiger partial charge in [0.1, 0.15) is 11.6 Å². The van der Waals surface area contributed by atoms with Gasteiger partial charge in [0.05, 0.1) is 22.9 Å². The molecule has 1 aromatic heterocycles. The van der Waals surface area contributed by atoms with Crippen molar-refractivity contribution in [3.63, 3.8) is 0 Å². The fourth-order valence-electron chi connectivity index (χ4n) is 6.15. The largest absolute Gasteiger partial charge is 0.341 e. The van der Waals surface area contributed by atoms with Crippen LogP contribution in [0.4, 0.5) is 8.78 Å². The molecule has 4 nitrogen and oxygen atoms in total. The second-order valence-corrected chi connectivity index (χ2v) is 10.6. The van der Waals surface area contributed by atoms with Gasteiger partial charge in [-0.05, 0) is 60.8 Å². The lowest BCUT2D eigenvalue weighted by Crippen LogP contribution is -2.64. The number of halogens is 2. The van der Waals surface area contributed by atoms with Crippen molar-refractivity contribution in [2.24, 2.45) is 16.2 Å². The van der Waals surface area contributed by atoms with Crippen molar-refractivity contribution < 1.29 is 13.6 Å². The summed E-state index contributed by atoms with van der Waals surface area (Å²) in [5.74, 6) is -0.996. The second-order valence-electron chi connectivity index (χ2n) is 10.6. The summed E-state index contributed by atoms with van der Waals surface area (Å²) >= 11 is 0. The van der Waals surface area contributed by atoms with Gasteiger partial charge in [-0.2, -0.15) is 10.2 Å². The second kappa shape index (κ2) is 6.81. The molecule has 3 fully saturated rings. The number of amides is 1. The van der Waals surface area contributed by atoms with Crippen LogP contribution in [-0.4, -0.2) is 34.1 Å². The molecule has 2 atom stereocenters. The van der Waals surface area contributed by atoms with Gasteiger partial charge in [0.2, 0.25) is 5.91 Å². The third kappa shape index (κ3) is 2.94. The highest BCUT2D eigenvalue weighted by Crippen LogP contribution is 2.61. The van der Waals surface area contributed by atoms with Crippen LogP contribution in [0.2, 0.25) is 0 Å². The highest BCUT2D eigenvalue weighted by Gasteiger charge is 2.60. The van der Waals surface area contributed by atoms with Gasteiger partial charge in [-0.3, -0.25) is 4.79 Å². The minimum Gasteiger partial charge on any atom is -0.341 e. The van der Waals surface area contributed by atoms with Gasteiger partial charge in [0, 0.05) is 18.5 Å². The average Bonchev–Trinajstić information content (AvgIpc) is 2.90. The van der Waals surface area contributed by atoms with E-state index in [0.29, 0.717) is 5.41 Å². The van der Waals surface area contributed by atoms with E-state index in [4.69, 9.17) is 0 Å². The van der Waals surface area contributed by atoms with Crippen molar-refractivity contribution in [2.45, 2.75) is 58.8 Å². The van der Waals surface area contributed by atoms with Crippen LogP contribution in [0.3, 0.4) is 0 Å². The van der Waals surface area contributed by atoms with Crippen molar-refractivity contribution in [3.8, 4) is 11.3 Å². The molecular formula is C25H29F2N3O. The number of nitrogens with zero attached hydrogens (tertiary/aromatic N) is 3. The van der Waals surface area contributed by atoms with E-state index in [0.717, 1.165) is 31.5 Å². The first-order chi connectivity index (χ1) is 14.7. The Morgan fingerprint density at radius 2 is 1.77 bits per heavy atom. The molecule has 2 saturated carbocycles. The quantitative estimate of drug-likeness (QED) is 0.666. The third-order valence-electron chi connectivity index (χ3n) is 8.75. The molecule has 1 saturated heterocycles. The van der Waals surface area contributed by atoms with Gasteiger partial charge in [0.15, 0.2) is 0 Å². The molecule has 164 valence electrons. The van der Waals surface area contributed by atoms with Crippen molar-refractivity contribution >= 4 is 5.91 Å². The fourth-order valence-corrected chi connectivity index (χ4v) is 6.15. The van der Waals surface area contributed by atoms with Crippen molar-refractivity contribution in [1.82, 2.24) is 15.1 Å². The van der Waals surface area contributed by atoms with E-state index >= 15 is 0 Å². The summed E-state index contributed by atoms with van der Waals surface area (Å²) in [6.45, 7) is 8.18. The van der Waals surface area contributed by atoms with Crippen LogP contribution in [0.1, 0.15) is 64.4 Å². The molecule has 1 aliphatic heterocycles. The normalized spacial score (nSPS) is 28.3. The van der Waals surface area contributed by atoms with Crippen LogP contribution in [0.5, 0.6) is 0 Å². The molecule has 1 amide bonds. The third-order valence-corrected chi connectivity index (χ3v) is 8.75. The minimum absolute atomic E-state index is 0.0597. The smallest absolute Gasteiger partial charge is 0.229 e. The molecule has 2 aliphatic carbocycles. The molecule has 2 aromatic rings. The zero-order valence-corrected chi connectivity index (χ0v) is 18.4. The molecule has 0 bridgehead atoms. The van der Waals surface area contributed by atoms with E-state index in [2.05, 4.69) is 31.0 Å². The van der Waals surface area contributed by atoms with Crippen molar-refractivity contribution in [1.29, 1.82) is 0 Å². The van der Waals surface area contributed by atoms with Crippen LogP contribution in [-0.2, 0) is 4.79 Å². The van der Waals surface area contributed by atoms with E-state index in [-0.39, 0.29) is 28.5 Å². The number of likely N-dealkylation sites (tertiary alicyclic amines) is 1. The standard InChI is InChI=1S/C25H29F2N3O/c1-23(2)17(8-11-24(23,3)22(31)30-14-25(15-30)9-5-10-25)16-12-20(29-28-13-16)21-18(26)6-4-7-19(21)27/h4,6-7,12-13,17H,5,8-11,14-15H2,1-3H3/t17-,24-/m1/s1. The molecular weight excluding hydrogens is 396 g/mol. The predicted molar refractivity (Wildman–Crippen MR) is 114 cm³/mol. The summed E-state index contributed by atoms with van der Waals surface area (Å²) in [5, 5.41) is 8.07. The average molecular weight is 426 g/mol. The zero-order chi connectivity index (χ0) is 22.0. The summed E-state index contributed by atoms with van der Waals surface area (Å²) in [4.78, 5) is 15.6. The topological polar surface area (TPSA) is 46.1 Å². The zero-order valence-electron chi connectivity index (χ0n) is 18.4. The minimum atomic E-state index is -0.653. The Morgan fingerprint density at radius 3 is 2.39 bits per heavy atom. The number of hydrogen-bond donors (Lipinski definition) is 0. The monoisotopic (exact) mass is 425 g/mol. The van der Waals surface area contributed by atoms with Crippen LogP contribution >= 0.6 is 0 Å². The lowest BCUT2D eigenvalue weighted by molar-refractivity contribution is -0.165. The Balaban J connectivity index is 1.42. The number of rotatable bonds is 3. The Labute approximate surface area is 182 Å². The Morgan fingerprint density at radius 1 is 1.10 bits per heavy atom. The number of aromatic nitrogens is 2. The summed E-state index contributed by atoms with van der Waals surface area (Å²) in [5.41, 5.74) is 0.530. The first-order valence-electron chi connectivity index (χ1n) is 11.2. The highest BCUT2D eigenvalue weighted by atomic mass is 19.1. The van der Waals surface area contributed by atoms with E-state index in [1.807, 2.05) is 4.90 Å². The van der Waals surface area contributed by atoms with Gasteiger partial charge in [-0.15, -0.1) is 0 Å². The SMILES string of the molecule is CC1(C)[C@@H](c2cnnc(-c3c(F)cccc3F)c2)CC[C@]1(C)C(=O)N1CC2(CCC2)C1. The number of carbonyl (C=O) groups excluding carboxylic acids is 1.